The van der Waals surface area contributed by atoms with E-state index in [0.29, 0.717) is 5.39 Å². The zero-order chi connectivity index (χ0) is 14.7. The Balaban J connectivity index is 1.91. The summed E-state index contributed by atoms with van der Waals surface area (Å²) in [6.45, 7) is 0. The molecule has 3 heteroatoms. The Morgan fingerprint density at radius 1 is 1.05 bits per heavy atom. The van der Waals surface area contributed by atoms with E-state index in [1.54, 1.807) is 6.07 Å². The van der Waals surface area contributed by atoms with E-state index in [1.807, 2.05) is 30.3 Å². The van der Waals surface area contributed by atoms with Crippen LogP contribution in [-0.4, -0.2) is 0 Å². The highest BCUT2D eigenvalue weighted by Gasteiger charge is 2.21. The number of rotatable bonds is 4. The summed E-state index contributed by atoms with van der Waals surface area (Å²) < 4.78 is 13.9. The second kappa shape index (κ2) is 6.54. The van der Waals surface area contributed by atoms with Gasteiger partial charge in [0.2, 0.25) is 0 Å². The van der Waals surface area contributed by atoms with Gasteiger partial charge in [0.15, 0.2) is 0 Å². The number of hydrogen-bond donors (Lipinski definition) is 2. The van der Waals surface area contributed by atoms with Crippen LogP contribution in [0.1, 0.15) is 50.1 Å². The summed E-state index contributed by atoms with van der Waals surface area (Å²) in [5.41, 5.74) is 4.07. The average molecular weight is 286 g/mol. The monoisotopic (exact) mass is 286 g/mol. The van der Waals surface area contributed by atoms with Crippen molar-refractivity contribution in [3.63, 3.8) is 0 Å². The van der Waals surface area contributed by atoms with Crippen LogP contribution in [0, 0.1) is 11.7 Å². The molecular weight excluding hydrogens is 263 g/mol. The quantitative estimate of drug-likeness (QED) is 0.643. The van der Waals surface area contributed by atoms with Gasteiger partial charge in [-0.15, -0.1) is 0 Å². The summed E-state index contributed by atoms with van der Waals surface area (Å²) in [6.07, 6.45) is 7.62. The van der Waals surface area contributed by atoms with E-state index in [4.69, 9.17) is 5.84 Å². The van der Waals surface area contributed by atoms with E-state index in [1.165, 1.54) is 32.1 Å². The van der Waals surface area contributed by atoms with Gasteiger partial charge in [-0.1, -0.05) is 62.4 Å². The van der Waals surface area contributed by atoms with Gasteiger partial charge in [0.05, 0.1) is 0 Å². The van der Waals surface area contributed by atoms with Crippen LogP contribution in [0.3, 0.4) is 0 Å². The number of halogens is 1. The first-order valence-corrected chi connectivity index (χ1v) is 7.93. The number of nitrogens with two attached hydrogens (primary N) is 1. The molecule has 0 amide bonds. The van der Waals surface area contributed by atoms with Crippen molar-refractivity contribution >= 4 is 10.8 Å². The molecule has 21 heavy (non-hydrogen) atoms. The van der Waals surface area contributed by atoms with Crippen LogP contribution in [-0.2, 0) is 0 Å². The van der Waals surface area contributed by atoms with Gasteiger partial charge in [0.1, 0.15) is 5.82 Å². The van der Waals surface area contributed by atoms with Crippen molar-refractivity contribution in [2.45, 2.75) is 44.6 Å². The minimum atomic E-state index is -0.164. The maximum Gasteiger partial charge on any atom is 0.131 e. The fraction of sp³-hybridized carbons (Fsp3) is 0.444. The second-order valence-electron chi connectivity index (χ2n) is 6.14. The molecule has 0 saturated heterocycles. The van der Waals surface area contributed by atoms with E-state index in [2.05, 4.69) is 5.43 Å². The predicted molar refractivity (Wildman–Crippen MR) is 85.2 cm³/mol. The summed E-state index contributed by atoms with van der Waals surface area (Å²) in [5, 5.41) is 1.65. The predicted octanol–water partition coefficient (Wildman–Crippen LogP) is 4.45. The molecule has 0 heterocycles. The lowest BCUT2D eigenvalue weighted by molar-refractivity contribution is 0.301. The third kappa shape index (κ3) is 3.09. The smallest absolute Gasteiger partial charge is 0.131 e. The Bertz CT molecular complexity index is 605. The van der Waals surface area contributed by atoms with E-state index in [9.17, 15) is 4.39 Å². The lowest BCUT2D eigenvalue weighted by Gasteiger charge is -2.27. The van der Waals surface area contributed by atoms with Gasteiger partial charge in [-0.05, 0) is 29.4 Å². The van der Waals surface area contributed by atoms with Crippen LogP contribution in [0.2, 0.25) is 0 Å². The topological polar surface area (TPSA) is 38.0 Å². The number of nitrogens with one attached hydrogen (secondary N) is 1. The summed E-state index contributed by atoms with van der Waals surface area (Å²) in [4.78, 5) is 0. The van der Waals surface area contributed by atoms with Crippen molar-refractivity contribution in [1.82, 2.24) is 5.43 Å². The van der Waals surface area contributed by atoms with Crippen LogP contribution in [0.15, 0.2) is 36.4 Å². The van der Waals surface area contributed by atoms with Crippen molar-refractivity contribution in [3.8, 4) is 0 Å². The molecule has 1 aliphatic rings. The van der Waals surface area contributed by atoms with Crippen LogP contribution in [0.5, 0.6) is 0 Å². The molecule has 1 saturated carbocycles. The SMILES string of the molecule is NNC(CC1CCCCC1)c1ccc(F)c2ccccc12. The molecule has 3 rings (SSSR count). The highest BCUT2D eigenvalue weighted by atomic mass is 19.1. The van der Waals surface area contributed by atoms with E-state index >= 15 is 0 Å². The molecule has 0 aliphatic heterocycles. The molecule has 0 spiro atoms. The first-order valence-electron chi connectivity index (χ1n) is 7.93. The van der Waals surface area contributed by atoms with Crippen molar-refractivity contribution in [2.24, 2.45) is 11.8 Å². The lowest BCUT2D eigenvalue weighted by Crippen LogP contribution is -2.30. The first-order chi connectivity index (χ1) is 10.3. The lowest BCUT2D eigenvalue weighted by atomic mass is 9.83. The van der Waals surface area contributed by atoms with Crippen LogP contribution in [0.25, 0.3) is 10.8 Å². The maximum atomic E-state index is 13.9. The molecule has 1 aliphatic carbocycles. The van der Waals surface area contributed by atoms with Gasteiger partial charge < -0.3 is 0 Å². The molecule has 0 aromatic heterocycles. The molecule has 0 radical (unpaired) electrons. The van der Waals surface area contributed by atoms with Crippen molar-refractivity contribution in [3.05, 3.63) is 47.8 Å². The van der Waals surface area contributed by atoms with E-state index in [-0.39, 0.29) is 11.9 Å². The van der Waals surface area contributed by atoms with Crippen LogP contribution >= 0.6 is 0 Å². The van der Waals surface area contributed by atoms with Gasteiger partial charge in [-0.3, -0.25) is 11.3 Å². The zero-order valence-corrected chi connectivity index (χ0v) is 12.3. The van der Waals surface area contributed by atoms with Crippen LogP contribution < -0.4 is 11.3 Å². The molecule has 112 valence electrons. The Hall–Kier alpha value is -1.45. The molecule has 1 unspecified atom stereocenters. The van der Waals surface area contributed by atoms with Crippen molar-refractivity contribution < 1.29 is 4.39 Å². The summed E-state index contributed by atoms with van der Waals surface area (Å²) in [7, 11) is 0. The molecule has 1 fully saturated rings. The molecule has 1 atom stereocenters. The Morgan fingerprint density at radius 2 is 1.76 bits per heavy atom. The highest BCUT2D eigenvalue weighted by Crippen LogP contribution is 2.34. The molecule has 2 nitrogen and oxygen atoms in total. The second-order valence-corrected chi connectivity index (χ2v) is 6.14. The number of benzene rings is 2. The molecule has 2 aromatic rings. The summed E-state index contributed by atoms with van der Waals surface area (Å²) in [6, 6.07) is 11.2. The number of fused-ring (bicyclic) bond motifs is 1. The zero-order valence-electron chi connectivity index (χ0n) is 12.3. The van der Waals surface area contributed by atoms with Crippen LogP contribution in [0.4, 0.5) is 4.39 Å². The summed E-state index contributed by atoms with van der Waals surface area (Å²) in [5.74, 6) is 6.37. The molecule has 0 bridgehead atoms. The van der Waals surface area contributed by atoms with E-state index in [0.717, 1.165) is 23.3 Å². The normalized spacial score (nSPS) is 18.0. The molecule has 3 N–H and O–H groups in total. The Kier molecular flexibility index (Phi) is 4.51. The Labute approximate surface area is 125 Å². The third-order valence-corrected chi connectivity index (χ3v) is 4.77. The van der Waals surface area contributed by atoms with Gasteiger partial charge >= 0.3 is 0 Å². The average Bonchev–Trinajstić information content (AvgIpc) is 2.55. The van der Waals surface area contributed by atoms with E-state index < -0.39 is 0 Å². The van der Waals surface area contributed by atoms with Gasteiger partial charge in [-0.2, -0.15) is 0 Å². The largest absolute Gasteiger partial charge is 0.271 e. The maximum absolute atomic E-state index is 13.9. The minimum Gasteiger partial charge on any atom is -0.271 e. The highest BCUT2D eigenvalue weighted by molar-refractivity contribution is 5.86. The third-order valence-electron chi connectivity index (χ3n) is 4.77. The summed E-state index contributed by atoms with van der Waals surface area (Å²) >= 11 is 0. The fourth-order valence-corrected chi connectivity index (χ4v) is 3.63. The number of hydrogen-bond acceptors (Lipinski definition) is 2. The Morgan fingerprint density at radius 3 is 2.48 bits per heavy atom. The standard InChI is InChI=1S/C18H23FN2/c19-17-11-10-16(14-8-4-5-9-15(14)17)18(21-20)12-13-6-2-1-3-7-13/h4-5,8-11,13,18,21H,1-3,6-7,12,20H2. The minimum absolute atomic E-state index is 0.0959. The number of hydrazine groups is 1. The van der Waals surface area contributed by atoms with Crippen molar-refractivity contribution in [1.29, 1.82) is 0 Å². The van der Waals surface area contributed by atoms with Gasteiger partial charge in [-0.25, -0.2) is 4.39 Å². The van der Waals surface area contributed by atoms with Gasteiger partial charge in [0.25, 0.3) is 0 Å². The molecular formula is C18H23FN2. The van der Waals surface area contributed by atoms with Crippen molar-refractivity contribution in [2.75, 3.05) is 0 Å². The van der Waals surface area contributed by atoms with Gasteiger partial charge in [0, 0.05) is 11.4 Å². The fourth-order valence-electron chi connectivity index (χ4n) is 3.63. The first kappa shape index (κ1) is 14.5. The molecule has 2 aromatic carbocycles.